The number of anilines is 2. The number of hydrogen-bond acceptors (Lipinski definition) is 4. The van der Waals surface area contributed by atoms with Crippen LogP contribution in [0.15, 0.2) is 66.7 Å². The second kappa shape index (κ2) is 11.2. The summed E-state index contributed by atoms with van der Waals surface area (Å²) in [4.78, 5) is 17.7. The third-order valence-corrected chi connectivity index (χ3v) is 6.43. The summed E-state index contributed by atoms with van der Waals surface area (Å²) in [6, 6.07) is 20.8. The minimum absolute atomic E-state index is 0.0265. The SMILES string of the molecule is Cc1c(N2CCN(C(=O)OC(C)(C)C)CC2)cc(F)c(N(Cc2ccccc2)Cc2ccccc2)c1F. The molecule has 1 aliphatic heterocycles. The molecule has 0 spiro atoms. The van der Waals surface area contributed by atoms with E-state index in [0.717, 1.165) is 11.1 Å². The number of benzene rings is 3. The Labute approximate surface area is 218 Å². The predicted molar refractivity (Wildman–Crippen MR) is 144 cm³/mol. The molecule has 1 heterocycles. The van der Waals surface area contributed by atoms with Crippen LogP contribution in [0.5, 0.6) is 0 Å². The molecule has 1 saturated heterocycles. The molecule has 0 N–H and O–H groups in total. The highest BCUT2D eigenvalue weighted by atomic mass is 19.1. The molecule has 0 unspecified atom stereocenters. The molecule has 5 nitrogen and oxygen atoms in total. The zero-order valence-electron chi connectivity index (χ0n) is 22.0. The summed E-state index contributed by atoms with van der Waals surface area (Å²) < 4.78 is 37.1. The van der Waals surface area contributed by atoms with Gasteiger partial charge in [0.15, 0.2) is 11.6 Å². The van der Waals surface area contributed by atoms with E-state index < -0.39 is 17.2 Å². The van der Waals surface area contributed by atoms with Gasteiger partial charge in [-0.25, -0.2) is 13.6 Å². The van der Waals surface area contributed by atoms with E-state index in [0.29, 0.717) is 50.5 Å². The number of hydrogen-bond donors (Lipinski definition) is 0. The fraction of sp³-hybridized carbons (Fsp3) is 0.367. The molecular formula is C30H35F2N3O2. The normalized spacial score (nSPS) is 14.0. The third-order valence-electron chi connectivity index (χ3n) is 6.43. The van der Waals surface area contributed by atoms with Gasteiger partial charge in [-0.3, -0.25) is 0 Å². The fourth-order valence-corrected chi connectivity index (χ4v) is 4.59. The van der Waals surface area contributed by atoms with E-state index >= 15 is 8.78 Å². The summed E-state index contributed by atoms with van der Waals surface area (Å²) in [6.07, 6.45) is -0.367. The van der Waals surface area contributed by atoms with Gasteiger partial charge in [0, 0.05) is 50.5 Å². The third kappa shape index (κ3) is 6.59. The van der Waals surface area contributed by atoms with E-state index in [4.69, 9.17) is 4.74 Å². The molecule has 0 aromatic heterocycles. The summed E-state index contributed by atoms with van der Waals surface area (Å²) in [5.41, 5.74) is 2.25. The molecule has 0 radical (unpaired) electrons. The quantitative estimate of drug-likeness (QED) is 0.380. The van der Waals surface area contributed by atoms with Crippen LogP contribution in [0.4, 0.5) is 25.0 Å². The van der Waals surface area contributed by atoms with Crippen molar-refractivity contribution in [3.8, 4) is 0 Å². The Kier molecular flexibility index (Phi) is 8.00. The minimum Gasteiger partial charge on any atom is -0.444 e. The van der Waals surface area contributed by atoms with Crippen molar-refractivity contribution in [3.63, 3.8) is 0 Å². The lowest BCUT2D eigenvalue weighted by molar-refractivity contribution is 0.0240. The van der Waals surface area contributed by atoms with Crippen molar-refractivity contribution in [1.29, 1.82) is 0 Å². The Morgan fingerprint density at radius 2 is 1.41 bits per heavy atom. The maximum atomic E-state index is 15.9. The zero-order chi connectivity index (χ0) is 26.6. The van der Waals surface area contributed by atoms with Gasteiger partial charge in [-0.1, -0.05) is 60.7 Å². The molecule has 0 bridgehead atoms. The molecule has 196 valence electrons. The first-order valence-corrected chi connectivity index (χ1v) is 12.7. The van der Waals surface area contributed by atoms with Gasteiger partial charge in [0.25, 0.3) is 0 Å². The van der Waals surface area contributed by atoms with Crippen LogP contribution in [0.3, 0.4) is 0 Å². The molecule has 1 fully saturated rings. The minimum atomic E-state index is -0.598. The molecule has 37 heavy (non-hydrogen) atoms. The first kappa shape index (κ1) is 26.5. The molecule has 1 aliphatic rings. The number of carbonyl (C=O) groups is 1. The van der Waals surface area contributed by atoms with Gasteiger partial charge in [-0.15, -0.1) is 0 Å². The second-order valence-electron chi connectivity index (χ2n) is 10.4. The van der Waals surface area contributed by atoms with Gasteiger partial charge in [0.1, 0.15) is 11.3 Å². The van der Waals surface area contributed by atoms with Crippen LogP contribution in [0.1, 0.15) is 37.5 Å². The van der Waals surface area contributed by atoms with Gasteiger partial charge in [-0.05, 0) is 44.9 Å². The highest BCUT2D eigenvalue weighted by Crippen LogP contribution is 2.35. The molecule has 1 amide bonds. The maximum Gasteiger partial charge on any atom is 0.410 e. The van der Waals surface area contributed by atoms with Crippen LogP contribution in [0.25, 0.3) is 0 Å². The molecule has 0 aliphatic carbocycles. The van der Waals surface area contributed by atoms with Crippen LogP contribution < -0.4 is 9.80 Å². The summed E-state index contributed by atoms with van der Waals surface area (Å²) >= 11 is 0. The zero-order valence-corrected chi connectivity index (χ0v) is 22.0. The van der Waals surface area contributed by atoms with Crippen molar-refractivity contribution in [1.82, 2.24) is 4.90 Å². The van der Waals surface area contributed by atoms with Gasteiger partial charge in [0.2, 0.25) is 0 Å². The second-order valence-corrected chi connectivity index (χ2v) is 10.4. The number of ether oxygens (including phenoxy) is 1. The van der Waals surface area contributed by atoms with Crippen molar-refractivity contribution < 1.29 is 18.3 Å². The number of carbonyl (C=O) groups excluding carboxylic acids is 1. The highest BCUT2D eigenvalue weighted by molar-refractivity contribution is 5.69. The lowest BCUT2D eigenvalue weighted by atomic mass is 10.1. The number of rotatable bonds is 6. The van der Waals surface area contributed by atoms with Crippen molar-refractivity contribution in [2.75, 3.05) is 36.0 Å². The van der Waals surface area contributed by atoms with Crippen molar-refractivity contribution in [3.05, 3.63) is 95.1 Å². The molecule has 3 aromatic carbocycles. The highest BCUT2D eigenvalue weighted by Gasteiger charge is 2.29. The van der Waals surface area contributed by atoms with E-state index in [2.05, 4.69) is 0 Å². The summed E-state index contributed by atoms with van der Waals surface area (Å²) in [6.45, 7) is 9.71. The molecule has 0 atom stereocenters. The lowest BCUT2D eigenvalue weighted by Crippen LogP contribution is -2.50. The summed E-state index contributed by atoms with van der Waals surface area (Å²) in [7, 11) is 0. The number of nitrogens with zero attached hydrogens (tertiary/aromatic N) is 3. The topological polar surface area (TPSA) is 36.0 Å². The van der Waals surface area contributed by atoms with Crippen molar-refractivity contribution in [2.45, 2.75) is 46.4 Å². The predicted octanol–water partition coefficient (Wildman–Crippen LogP) is 6.54. The molecule has 0 saturated carbocycles. The van der Waals surface area contributed by atoms with E-state index in [9.17, 15) is 4.79 Å². The van der Waals surface area contributed by atoms with Crippen LogP contribution in [0, 0.1) is 18.6 Å². The Hall–Kier alpha value is -3.61. The summed E-state index contributed by atoms with van der Waals surface area (Å²) in [5.74, 6) is -1.16. The van der Waals surface area contributed by atoms with Crippen LogP contribution in [-0.4, -0.2) is 42.8 Å². The van der Waals surface area contributed by atoms with Crippen molar-refractivity contribution >= 4 is 17.5 Å². The largest absolute Gasteiger partial charge is 0.444 e. The Morgan fingerprint density at radius 3 is 1.89 bits per heavy atom. The standard InChI is InChI=1S/C30H35F2N3O2/c1-22-26(33-15-17-34(18-16-33)29(36)37-30(2,3)4)19-25(31)28(27(22)32)35(20-23-11-7-5-8-12-23)21-24-13-9-6-10-14-24/h5-14,19H,15-18,20-21H2,1-4H3. The number of piperazine rings is 1. The Balaban J connectivity index is 1.58. The molecule has 4 rings (SSSR count). The first-order valence-electron chi connectivity index (χ1n) is 12.7. The van der Waals surface area contributed by atoms with Gasteiger partial charge in [-0.2, -0.15) is 0 Å². The first-order chi connectivity index (χ1) is 17.6. The van der Waals surface area contributed by atoms with E-state index in [-0.39, 0.29) is 11.8 Å². The van der Waals surface area contributed by atoms with Gasteiger partial charge < -0.3 is 19.4 Å². The molecular weight excluding hydrogens is 472 g/mol. The fourth-order valence-electron chi connectivity index (χ4n) is 4.59. The van der Waals surface area contributed by atoms with E-state index in [1.54, 1.807) is 16.7 Å². The Morgan fingerprint density at radius 1 is 0.892 bits per heavy atom. The Bertz CT molecular complexity index is 1160. The van der Waals surface area contributed by atoms with Crippen LogP contribution in [0.2, 0.25) is 0 Å². The average Bonchev–Trinajstić information content (AvgIpc) is 2.86. The van der Waals surface area contributed by atoms with Gasteiger partial charge in [0.05, 0.1) is 0 Å². The monoisotopic (exact) mass is 507 g/mol. The van der Waals surface area contributed by atoms with Gasteiger partial charge >= 0.3 is 6.09 Å². The average molecular weight is 508 g/mol. The molecule has 3 aromatic rings. The molecule has 7 heteroatoms. The smallest absolute Gasteiger partial charge is 0.410 e. The number of amides is 1. The van der Waals surface area contributed by atoms with E-state index in [1.165, 1.54) is 6.07 Å². The van der Waals surface area contributed by atoms with Crippen molar-refractivity contribution in [2.24, 2.45) is 0 Å². The summed E-state index contributed by atoms with van der Waals surface area (Å²) in [5, 5.41) is 0. The van der Waals surface area contributed by atoms with Crippen LogP contribution >= 0.6 is 0 Å². The number of halogens is 2. The van der Waals surface area contributed by atoms with E-state index in [1.807, 2.05) is 86.3 Å². The maximum absolute atomic E-state index is 15.9. The lowest BCUT2D eigenvalue weighted by Gasteiger charge is -2.38. The van der Waals surface area contributed by atoms with Crippen LogP contribution in [-0.2, 0) is 17.8 Å².